The van der Waals surface area contributed by atoms with Gasteiger partial charge in [0.25, 0.3) is 0 Å². The smallest absolute Gasteiger partial charge is 0.223 e. The summed E-state index contributed by atoms with van der Waals surface area (Å²) in [7, 11) is 0. The monoisotopic (exact) mass is 383 g/mol. The highest BCUT2D eigenvalue weighted by molar-refractivity contribution is 7.99. The van der Waals surface area contributed by atoms with Crippen molar-refractivity contribution in [3.8, 4) is 11.5 Å². The molecule has 0 aromatic heterocycles. The van der Waals surface area contributed by atoms with Crippen LogP contribution in [0.2, 0.25) is 0 Å². The Hall–Kier alpha value is -1.94. The molecule has 1 aliphatic rings. The maximum Gasteiger partial charge on any atom is 0.223 e. The first-order valence-electron chi connectivity index (χ1n) is 10.0. The van der Waals surface area contributed by atoms with Crippen LogP contribution in [0.15, 0.2) is 54.6 Å². The lowest BCUT2D eigenvalue weighted by atomic mass is 10.1. The number of para-hydroxylation sites is 1. The van der Waals surface area contributed by atoms with E-state index in [0.717, 1.165) is 42.2 Å². The quantitative estimate of drug-likeness (QED) is 0.468. The Morgan fingerprint density at radius 2 is 1.81 bits per heavy atom. The van der Waals surface area contributed by atoms with E-state index in [4.69, 9.17) is 4.74 Å². The lowest BCUT2D eigenvalue weighted by Gasteiger charge is -2.24. The van der Waals surface area contributed by atoms with Crippen molar-refractivity contribution < 1.29 is 9.53 Å². The molecular weight excluding hydrogens is 354 g/mol. The van der Waals surface area contributed by atoms with Gasteiger partial charge in [-0.2, -0.15) is 0 Å². The maximum atomic E-state index is 12.7. The van der Waals surface area contributed by atoms with Crippen LogP contribution < -0.4 is 4.74 Å². The van der Waals surface area contributed by atoms with Gasteiger partial charge in [0.15, 0.2) is 0 Å². The predicted molar refractivity (Wildman–Crippen MR) is 113 cm³/mol. The average Bonchev–Trinajstić information content (AvgIpc) is 3.19. The summed E-state index contributed by atoms with van der Waals surface area (Å²) >= 11 is 1.84. The van der Waals surface area contributed by atoms with Crippen LogP contribution in [0.25, 0.3) is 0 Å². The number of nitrogens with zero attached hydrogens (tertiary/aromatic N) is 1. The van der Waals surface area contributed by atoms with Gasteiger partial charge in [-0.1, -0.05) is 62.9 Å². The standard InChI is InChI=1S/C23H29NO2S/c1-2-3-4-5-9-15-22(25)24-16-17-27-23(24)19-11-10-14-21(18-19)26-20-12-7-6-8-13-20/h6-8,10-14,18,23H,2-5,9,15-17H2,1H3. The normalized spacial score (nSPS) is 16.5. The molecular formula is C23H29NO2S. The number of unbranched alkanes of at least 4 members (excludes halogenated alkanes) is 4. The summed E-state index contributed by atoms with van der Waals surface area (Å²) in [6.07, 6.45) is 6.57. The fourth-order valence-corrected chi connectivity index (χ4v) is 4.65. The molecule has 0 bridgehead atoms. The van der Waals surface area contributed by atoms with E-state index < -0.39 is 0 Å². The second kappa shape index (κ2) is 10.4. The van der Waals surface area contributed by atoms with Crippen LogP contribution in [0, 0.1) is 0 Å². The van der Waals surface area contributed by atoms with E-state index >= 15 is 0 Å². The van der Waals surface area contributed by atoms with E-state index in [9.17, 15) is 4.79 Å². The molecule has 3 rings (SSSR count). The molecule has 3 nitrogen and oxygen atoms in total. The van der Waals surface area contributed by atoms with Crippen molar-refractivity contribution in [2.24, 2.45) is 0 Å². The fourth-order valence-electron chi connectivity index (χ4n) is 3.38. The molecule has 144 valence electrons. The van der Waals surface area contributed by atoms with Crippen LogP contribution in [0.5, 0.6) is 11.5 Å². The Bertz CT molecular complexity index is 719. The largest absolute Gasteiger partial charge is 0.457 e. The summed E-state index contributed by atoms with van der Waals surface area (Å²) < 4.78 is 5.96. The van der Waals surface area contributed by atoms with Gasteiger partial charge in [0.05, 0.1) is 0 Å². The number of hydrogen-bond acceptors (Lipinski definition) is 3. The number of hydrogen-bond donors (Lipinski definition) is 0. The minimum Gasteiger partial charge on any atom is -0.457 e. The first kappa shape index (κ1) is 19.8. The summed E-state index contributed by atoms with van der Waals surface area (Å²) in [6.45, 7) is 3.06. The maximum absolute atomic E-state index is 12.7. The topological polar surface area (TPSA) is 29.5 Å². The SMILES string of the molecule is CCCCCCCC(=O)N1CCSC1c1cccc(Oc2ccccc2)c1. The summed E-state index contributed by atoms with van der Waals surface area (Å²) in [4.78, 5) is 14.8. The number of amides is 1. The molecule has 1 fully saturated rings. The first-order valence-corrected chi connectivity index (χ1v) is 11.1. The van der Waals surface area contributed by atoms with Crippen LogP contribution in [-0.4, -0.2) is 23.1 Å². The molecule has 2 aromatic rings. The zero-order valence-electron chi connectivity index (χ0n) is 16.1. The molecule has 1 amide bonds. The number of rotatable bonds is 9. The second-order valence-corrected chi connectivity index (χ2v) is 8.15. The highest BCUT2D eigenvalue weighted by atomic mass is 32.2. The average molecular weight is 384 g/mol. The van der Waals surface area contributed by atoms with E-state index in [1.807, 2.05) is 59.1 Å². The lowest BCUT2D eigenvalue weighted by molar-refractivity contribution is -0.131. The van der Waals surface area contributed by atoms with Gasteiger partial charge in [0.1, 0.15) is 16.9 Å². The number of thioether (sulfide) groups is 1. The number of carbonyl (C=O) groups is 1. The molecule has 1 atom stereocenters. The Morgan fingerprint density at radius 1 is 1.04 bits per heavy atom. The van der Waals surface area contributed by atoms with Gasteiger partial charge in [-0.15, -0.1) is 11.8 Å². The zero-order chi connectivity index (χ0) is 18.9. The molecule has 4 heteroatoms. The first-order chi connectivity index (χ1) is 13.3. The van der Waals surface area contributed by atoms with Gasteiger partial charge in [0.2, 0.25) is 5.91 Å². The minimum atomic E-state index is 0.104. The van der Waals surface area contributed by atoms with E-state index in [1.54, 1.807) is 0 Å². The predicted octanol–water partition coefficient (Wildman–Crippen LogP) is 6.41. The van der Waals surface area contributed by atoms with E-state index in [2.05, 4.69) is 19.1 Å². The Labute approximate surface area is 167 Å². The molecule has 0 radical (unpaired) electrons. The highest BCUT2D eigenvalue weighted by Gasteiger charge is 2.30. The third-order valence-electron chi connectivity index (χ3n) is 4.83. The van der Waals surface area contributed by atoms with Crippen molar-refractivity contribution in [1.82, 2.24) is 4.90 Å². The van der Waals surface area contributed by atoms with Crippen LogP contribution in [-0.2, 0) is 4.79 Å². The van der Waals surface area contributed by atoms with E-state index in [-0.39, 0.29) is 11.3 Å². The van der Waals surface area contributed by atoms with E-state index in [0.29, 0.717) is 6.42 Å². The molecule has 0 saturated carbocycles. The van der Waals surface area contributed by atoms with Crippen molar-refractivity contribution in [2.45, 2.75) is 50.8 Å². The van der Waals surface area contributed by atoms with Gasteiger partial charge in [-0.3, -0.25) is 4.79 Å². The number of benzene rings is 2. The van der Waals surface area contributed by atoms with Gasteiger partial charge in [-0.05, 0) is 36.2 Å². The fraction of sp³-hybridized carbons (Fsp3) is 0.435. The van der Waals surface area contributed by atoms with Gasteiger partial charge in [0, 0.05) is 18.7 Å². The van der Waals surface area contributed by atoms with Crippen LogP contribution in [0.1, 0.15) is 56.4 Å². The zero-order valence-corrected chi connectivity index (χ0v) is 16.9. The van der Waals surface area contributed by atoms with Crippen molar-refractivity contribution >= 4 is 17.7 Å². The van der Waals surface area contributed by atoms with Crippen molar-refractivity contribution in [3.63, 3.8) is 0 Å². The second-order valence-electron chi connectivity index (χ2n) is 6.96. The Balaban J connectivity index is 1.61. The van der Waals surface area contributed by atoms with Crippen molar-refractivity contribution in [1.29, 1.82) is 0 Å². The van der Waals surface area contributed by atoms with E-state index in [1.165, 1.54) is 19.3 Å². The molecule has 0 N–H and O–H groups in total. The summed E-state index contributed by atoms with van der Waals surface area (Å²) in [6, 6.07) is 18.0. The molecule has 1 heterocycles. The molecule has 27 heavy (non-hydrogen) atoms. The highest BCUT2D eigenvalue weighted by Crippen LogP contribution is 2.39. The molecule has 0 spiro atoms. The van der Waals surface area contributed by atoms with Gasteiger partial charge < -0.3 is 9.64 Å². The third-order valence-corrected chi connectivity index (χ3v) is 6.09. The number of ether oxygens (including phenoxy) is 1. The molecule has 2 aromatic carbocycles. The summed E-state index contributed by atoms with van der Waals surface area (Å²) in [5.74, 6) is 2.93. The summed E-state index contributed by atoms with van der Waals surface area (Å²) in [5, 5.41) is 0.104. The van der Waals surface area contributed by atoms with Crippen LogP contribution in [0.4, 0.5) is 0 Å². The molecule has 0 aliphatic carbocycles. The van der Waals surface area contributed by atoms with Crippen molar-refractivity contribution in [3.05, 3.63) is 60.2 Å². The Kier molecular flexibility index (Phi) is 7.64. The van der Waals surface area contributed by atoms with Gasteiger partial charge in [-0.25, -0.2) is 0 Å². The molecule has 1 unspecified atom stereocenters. The summed E-state index contributed by atoms with van der Waals surface area (Å²) in [5.41, 5.74) is 1.14. The molecule has 1 saturated heterocycles. The van der Waals surface area contributed by atoms with Gasteiger partial charge >= 0.3 is 0 Å². The third kappa shape index (κ3) is 5.77. The van der Waals surface area contributed by atoms with Crippen LogP contribution in [0.3, 0.4) is 0 Å². The lowest BCUT2D eigenvalue weighted by Crippen LogP contribution is -2.30. The molecule has 1 aliphatic heterocycles. The minimum absolute atomic E-state index is 0.104. The number of carbonyl (C=O) groups excluding carboxylic acids is 1. The van der Waals surface area contributed by atoms with Crippen LogP contribution >= 0.6 is 11.8 Å². The Morgan fingerprint density at radius 3 is 2.63 bits per heavy atom. The van der Waals surface area contributed by atoms with Crippen molar-refractivity contribution in [2.75, 3.05) is 12.3 Å².